The van der Waals surface area contributed by atoms with Gasteiger partial charge in [0.05, 0.1) is 18.6 Å². The molecule has 8 heteroatoms. The van der Waals surface area contributed by atoms with Crippen LogP contribution in [0.4, 0.5) is 0 Å². The first-order chi connectivity index (χ1) is 16.3. The van der Waals surface area contributed by atoms with E-state index in [2.05, 4.69) is 10.0 Å². The maximum absolute atomic E-state index is 13.2. The Morgan fingerprint density at radius 2 is 1.68 bits per heavy atom. The van der Waals surface area contributed by atoms with Crippen molar-refractivity contribution >= 4 is 15.9 Å². The van der Waals surface area contributed by atoms with Crippen molar-refractivity contribution in [2.45, 2.75) is 37.8 Å². The highest BCUT2D eigenvalue weighted by molar-refractivity contribution is 7.89. The number of amides is 1. The number of carbonyl (C=O) groups excluding carboxylic acids is 1. The molecule has 1 atom stereocenters. The molecule has 0 aliphatic carbocycles. The number of hydrogen-bond donors (Lipinski definition) is 2. The molecule has 3 aromatic rings. The fourth-order valence-electron chi connectivity index (χ4n) is 3.46. The van der Waals surface area contributed by atoms with Crippen LogP contribution in [-0.2, 0) is 27.8 Å². The number of ether oxygens (including phenoxy) is 2. The Bertz CT molecular complexity index is 1200. The minimum absolute atomic E-state index is 0.0782. The molecule has 2 N–H and O–H groups in total. The zero-order valence-electron chi connectivity index (χ0n) is 19.6. The van der Waals surface area contributed by atoms with Gasteiger partial charge in [0.2, 0.25) is 15.9 Å². The van der Waals surface area contributed by atoms with Crippen molar-refractivity contribution < 1.29 is 22.7 Å². The van der Waals surface area contributed by atoms with E-state index in [1.54, 1.807) is 38.3 Å². The lowest BCUT2D eigenvalue weighted by atomic mass is 10.1. The van der Waals surface area contributed by atoms with Crippen LogP contribution in [0.5, 0.6) is 11.5 Å². The Labute approximate surface area is 201 Å². The number of nitrogens with one attached hydrogen (secondary N) is 2. The van der Waals surface area contributed by atoms with Crippen LogP contribution in [0.1, 0.15) is 23.6 Å². The normalized spacial score (nSPS) is 12.1. The molecule has 0 spiro atoms. The van der Waals surface area contributed by atoms with Crippen molar-refractivity contribution in [3.63, 3.8) is 0 Å². The Balaban J connectivity index is 1.78. The molecule has 0 fully saturated rings. The average molecular weight is 483 g/mol. The molecule has 7 nitrogen and oxygen atoms in total. The molecule has 0 radical (unpaired) electrons. The van der Waals surface area contributed by atoms with E-state index in [1.807, 2.05) is 49.4 Å². The van der Waals surface area contributed by atoms with Gasteiger partial charge in [-0.1, -0.05) is 42.5 Å². The summed E-state index contributed by atoms with van der Waals surface area (Å²) in [6.07, 6.45) is 0.213. The number of carbonyl (C=O) groups is 1. The minimum atomic E-state index is -3.95. The maximum Gasteiger partial charge on any atom is 0.241 e. The Hall–Kier alpha value is -3.36. The fourth-order valence-corrected chi connectivity index (χ4v) is 4.74. The van der Waals surface area contributed by atoms with E-state index in [9.17, 15) is 13.2 Å². The second-order valence-electron chi connectivity index (χ2n) is 7.79. The topological polar surface area (TPSA) is 93.7 Å². The van der Waals surface area contributed by atoms with Gasteiger partial charge in [-0.3, -0.25) is 4.79 Å². The number of methoxy groups -OCH3 is 1. The molecule has 0 heterocycles. The van der Waals surface area contributed by atoms with Gasteiger partial charge in [0.25, 0.3) is 0 Å². The first kappa shape index (κ1) is 25.3. The van der Waals surface area contributed by atoms with Gasteiger partial charge in [0.1, 0.15) is 17.5 Å². The van der Waals surface area contributed by atoms with E-state index in [1.165, 1.54) is 6.07 Å². The summed E-state index contributed by atoms with van der Waals surface area (Å²) in [5.41, 5.74) is 2.42. The van der Waals surface area contributed by atoms with Crippen LogP contribution < -0.4 is 19.5 Å². The molecule has 0 aliphatic rings. The van der Waals surface area contributed by atoms with E-state index in [0.29, 0.717) is 17.9 Å². The minimum Gasteiger partial charge on any atom is -0.497 e. The monoisotopic (exact) mass is 482 g/mol. The Kier molecular flexibility index (Phi) is 8.67. The average Bonchev–Trinajstić information content (AvgIpc) is 2.84. The van der Waals surface area contributed by atoms with Gasteiger partial charge in [-0.2, -0.15) is 4.72 Å². The van der Waals surface area contributed by atoms with Crippen LogP contribution >= 0.6 is 0 Å². The molecule has 3 aromatic carbocycles. The van der Waals surface area contributed by atoms with Crippen molar-refractivity contribution in [3.8, 4) is 11.5 Å². The van der Waals surface area contributed by atoms with Gasteiger partial charge >= 0.3 is 0 Å². The molecule has 1 amide bonds. The van der Waals surface area contributed by atoms with E-state index in [-0.39, 0.29) is 17.9 Å². The molecule has 0 saturated carbocycles. The molecule has 0 aliphatic heterocycles. The third kappa shape index (κ3) is 6.82. The summed E-state index contributed by atoms with van der Waals surface area (Å²) in [5, 5.41) is 2.84. The molecule has 3 rings (SSSR count). The first-order valence-electron chi connectivity index (χ1n) is 11.0. The largest absolute Gasteiger partial charge is 0.497 e. The summed E-state index contributed by atoms with van der Waals surface area (Å²) in [4.78, 5) is 13.2. The van der Waals surface area contributed by atoms with Gasteiger partial charge in [0.15, 0.2) is 0 Å². The van der Waals surface area contributed by atoms with Crippen LogP contribution in [-0.4, -0.2) is 34.1 Å². The van der Waals surface area contributed by atoms with E-state index in [4.69, 9.17) is 9.47 Å². The van der Waals surface area contributed by atoms with Gasteiger partial charge in [-0.15, -0.1) is 0 Å². The van der Waals surface area contributed by atoms with Crippen LogP contribution in [0, 0.1) is 6.92 Å². The summed E-state index contributed by atoms with van der Waals surface area (Å²) in [7, 11) is -2.37. The van der Waals surface area contributed by atoms with Crippen LogP contribution in [0.3, 0.4) is 0 Å². The SMILES string of the molecule is CCOc1ccc(S(=O)(=O)N[C@@H](Cc2ccccc2)C(=O)NCc2ccc(OC)cc2)cc1C. The molecule has 0 unspecified atom stereocenters. The Morgan fingerprint density at radius 3 is 2.29 bits per heavy atom. The van der Waals surface area contributed by atoms with Crippen LogP contribution in [0.25, 0.3) is 0 Å². The number of rotatable bonds is 11. The maximum atomic E-state index is 13.2. The summed E-state index contributed by atoms with van der Waals surface area (Å²) < 4.78 is 39.6. The quantitative estimate of drug-likeness (QED) is 0.436. The first-order valence-corrected chi connectivity index (χ1v) is 12.5. The second-order valence-corrected chi connectivity index (χ2v) is 9.50. The third-order valence-corrected chi connectivity index (χ3v) is 6.75. The predicted octanol–water partition coefficient (Wildman–Crippen LogP) is 3.61. The summed E-state index contributed by atoms with van der Waals surface area (Å²) in [5.74, 6) is 0.931. The van der Waals surface area contributed by atoms with Gasteiger partial charge in [0, 0.05) is 6.54 Å². The van der Waals surface area contributed by atoms with Crippen LogP contribution in [0.15, 0.2) is 77.7 Å². The third-order valence-electron chi connectivity index (χ3n) is 5.28. The van der Waals surface area contributed by atoms with E-state index < -0.39 is 22.0 Å². The number of hydrogen-bond acceptors (Lipinski definition) is 5. The second kappa shape index (κ2) is 11.7. The van der Waals surface area contributed by atoms with Gasteiger partial charge < -0.3 is 14.8 Å². The van der Waals surface area contributed by atoms with Crippen molar-refractivity contribution in [1.82, 2.24) is 10.0 Å². The van der Waals surface area contributed by atoms with Crippen molar-refractivity contribution in [2.75, 3.05) is 13.7 Å². The standard InChI is InChI=1S/C26H30N2O5S/c1-4-33-25-15-14-23(16-19(25)2)34(30,31)28-24(17-20-8-6-5-7-9-20)26(29)27-18-21-10-12-22(32-3)13-11-21/h5-16,24,28H,4,17-18H2,1-3H3,(H,27,29)/t24-/m0/s1. The highest BCUT2D eigenvalue weighted by Crippen LogP contribution is 2.22. The van der Waals surface area contributed by atoms with Gasteiger partial charge in [-0.25, -0.2) is 8.42 Å². The smallest absolute Gasteiger partial charge is 0.241 e. The van der Waals surface area contributed by atoms with Crippen molar-refractivity contribution in [1.29, 1.82) is 0 Å². The lowest BCUT2D eigenvalue weighted by Crippen LogP contribution is -2.47. The molecule has 0 aromatic heterocycles. The predicted molar refractivity (Wildman–Crippen MR) is 131 cm³/mol. The van der Waals surface area contributed by atoms with E-state index in [0.717, 1.165) is 16.9 Å². The van der Waals surface area contributed by atoms with Crippen molar-refractivity contribution in [2.24, 2.45) is 0 Å². The number of aryl methyl sites for hydroxylation is 1. The zero-order valence-corrected chi connectivity index (χ0v) is 20.4. The Morgan fingerprint density at radius 1 is 0.971 bits per heavy atom. The lowest BCUT2D eigenvalue weighted by molar-refractivity contribution is -0.122. The fraction of sp³-hybridized carbons (Fsp3) is 0.269. The van der Waals surface area contributed by atoms with Gasteiger partial charge in [-0.05, 0) is 67.3 Å². The van der Waals surface area contributed by atoms with Crippen molar-refractivity contribution in [3.05, 3.63) is 89.5 Å². The number of sulfonamides is 1. The molecule has 0 saturated heterocycles. The summed E-state index contributed by atoms with van der Waals surface area (Å²) in [6, 6.07) is 20.3. The molecular weight excluding hydrogens is 452 g/mol. The molecular formula is C26H30N2O5S. The highest BCUT2D eigenvalue weighted by Gasteiger charge is 2.26. The number of benzene rings is 3. The van der Waals surface area contributed by atoms with Crippen LogP contribution in [0.2, 0.25) is 0 Å². The highest BCUT2D eigenvalue weighted by atomic mass is 32.2. The summed E-state index contributed by atoms with van der Waals surface area (Å²) in [6.45, 7) is 4.40. The molecule has 180 valence electrons. The lowest BCUT2D eigenvalue weighted by Gasteiger charge is -2.19. The summed E-state index contributed by atoms with van der Waals surface area (Å²) >= 11 is 0. The molecule has 0 bridgehead atoms. The van der Waals surface area contributed by atoms with E-state index >= 15 is 0 Å². The molecule has 34 heavy (non-hydrogen) atoms. The zero-order chi connectivity index (χ0) is 24.6.